The number of fused-ring (bicyclic) bond motifs is 1. The zero-order valence-corrected chi connectivity index (χ0v) is 21.7. The summed E-state index contributed by atoms with van der Waals surface area (Å²) in [4.78, 5) is 12.4. The monoisotopic (exact) mass is 531 g/mol. The average molecular weight is 532 g/mol. The number of benzene rings is 3. The summed E-state index contributed by atoms with van der Waals surface area (Å²) in [6.45, 7) is 4.37. The van der Waals surface area contributed by atoms with E-state index in [1.165, 1.54) is 0 Å². The summed E-state index contributed by atoms with van der Waals surface area (Å²) in [7, 11) is 0. The molecule has 0 aliphatic heterocycles. The standard InChI is InChI=1S/C29H23Cl2N3O3/c1-18-13-22(16-32-33-29(35)28-14-20-5-3-4-6-27(20)37-28)19(2)34(18)24-9-11-25(12-10-24)36-17-21-7-8-23(30)15-26(21)31/h3-16H,17H2,1-2H3,(H,33,35)/b32-16+. The molecule has 3 aromatic carbocycles. The molecule has 0 bridgehead atoms. The molecule has 1 N–H and O–H groups in total. The van der Waals surface area contributed by atoms with E-state index < -0.39 is 5.91 Å². The lowest BCUT2D eigenvalue weighted by Gasteiger charge is -2.12. The summed E-state index contributed by atoms with van der Waals surface area (Å²) in [5.74, 6) is 0.536. The summed E-state index contributed by atoms with van der Waals surface area (Å²) in [6.07, 6.45) is 1.63. The summed E-state index contributed by atoms with van der Waals surface area (Å²) in [6, 6.07) is 24.3. The number of aryl methyl sites for hydroxylation is 1. The number of amides is 1. The maximum Gasteiger partial charge on any atom is 0.307 e. The Kier molecular flexibility index (Phi) is 7.04. The Bertz CT molecular complexity index is 1580. The van der Waals surface area contributed by atoms with Crippen LogP contribution in [0.3, 0.4) is 0 Å². The van der Waals surface area contributed by atoms with Crippen LogP contribution in [-0.4, -0.2) is 16.7 Å². The van der Waals surface area contributed by atoms with Gasteiger partial charge in [0.05, 0.1) is 6.21 Å². The number of ether oxygens (including phenoxy) is 1. The molecule has 2 heterocycles. The van der Waals surface area contributed by atoms with E-state index in [2.05, 4.69) is 15.1 Å². The third kappa shape index (κ3) is 5.40. The number of aromatic nitrogens is 1. The molecule has 0 saturated carbocycles. The van der Waals surface area contributed by atoms with Crippen molar-refractivity contribution in [2.24, 2.45) is 5.10 Å². The van der Waals surface area contributed by atoms with Gasteiger partial charge in [0, 0.05) is 43.6 Å². The topological polar surface area (TPSA) is 68.8 Å². The van der Waals surface area contributed by atoms with Crippen LogP contribution in [0.15, 0.2) is 88.4 Å². The second-order valence-electron chi connectivity index (χ2n) is 8.53. The number of carbonyl (C=O) groups is 1. The summed E-state index contributed by atoms with van der Waals surface area (Å²) >= 11 is 12.2. The molecule has 186 valence electrons. The van der Waals surface area contributed by atoms with Gasteiger partial charge in [0.1, 0.15) is 17.9 Å². The number of para-hydroxylation sites is 1. The van der Waals surface area contributed by atoms with Gasteiger partial charge in [-0.3, -0.25) is 4.79 Å². The lowest BCUT2D eigenvalue weighted by atomic mass is 10.2. The Hall–Kier alpha value is -4.00. The minimum Gasteiger partial charge on any atom is -0.489 e. The van der Waals surface area contributed by atoms with Crippen LogP contribution in [-0.2, 0) is 6.61 Å². The number of nitrogens with one attached hydrogen (secondary N) is 1. The van der Waals surface area contributed by atoms with Crippen molar-refractivity contribution in [1.29, 1.82) is 0 Å². The van der Waals surface area contributed by atoms with Crippen LogP contribution in [0.4, 0.5) is 0 Å². The zero-order valence-electron chi connectivity index (χ0n) is 20.2. The highest BCUT2D eigenvalue weighted by Gasteiger charge is 2.13. The number of carbonyl (C=O) groups excluding carboxylic acids is 1. The SMILES string of the molecule is Cc1cc(/C=N/NC(=O)c2cc3ccccc3o2)c(C)n1-c1ccc(OCc2ccc(Cl)cc2Cl)cc1. The number of hydrogen-bond acceptors (Lipinski definition) is 4. The molecule has 37 heavy (non-hydrogen) atoms. The van der Waals surface area contributed by atoms with Crippen molar-refractivity contribution in [3.8, 4) is 11.4 Å². The molecule has 6 nitrogen and oxygen atoms in total. The third-order valence-corrected chi connectivity index (χ3v) is 6.58. The molecular weight excluding hydrogens is 509 g/mol. The van der Waals surface area contributed by atoms with E-state index in [9.17, 15) is 4.79 Å². The van der Waals surface area contributed by atoms with Crippen LogP contribution >= 0.6 is 23.2 Å². The first-order valence-corrected chi connectivity index (χ1v) is 12.3. The molecular formula is C29H23Cl2N3O3. The van der Waals surface area contributed by atoms with Gasteiger partial charge in [0.2, 0.25) is 0 Å². The Labute approximate surface area is 224 Å². The molecule has 5 aromatic rings. The molecule has 8 heteroatoms. The van der Waals surface area contributed by atoms with Gasteiger partial charge in [-0.25, -0.2) is 5.43 Å². The molecule has 1 amide bonds. The highest BCUT2D eigenvalue weighted by Crippen LogP contribution is 2.25. The summed E-state index contributed by atoms with van der Waals surface area (Å²) in [5, 5.41) is 6.17. The zero-order chi connectivity index (χ0) is 25.9. The number of hydrazone groups is 1. The van der Waals surface area contributed by atoms with Crippen LogP contribution < -0.4 is 10.2 Å². The van der Waals surface area contributed by atoms with Crippen LogP contribution in [0.5, 0.6) is 5.75 Å². The van der Waals surface area contributed by atoms with E-state index in [0.29, 0.717) is 22.2 Å². The molecule has 0 aliphatic rings. The van der Waals surface area contributed by atoms with Gasteiger partial charge in [-0.15, -0.1) is 0 Å². The predicted molar refractivity (Wildman–Crippen MR) is 147 cm³/mol. The Morgan fingerprint density at radius 3 is 2.57 bits per heavy atom. The largest absolute Gasteiger partial charge is 0.489 e. The number of rotatable bonds is 7. The van der Waals surface area contributed by atoms with Crippen LogP contribution in [0.2, 0.25) is 10.0 Å². The van der Waals surface area contributed by atoms with E-state index in [4.69, 9.17) is 32.4 Å². The summed E-state index contributed by atoms with van der Waals surface area (Å²) < 4.78 is 13.6. The average Bonchev–Trinajstić information content (AvgIpc) is 3.44. The molecule has 0 fully saturated rings. The molecule has 0 unspecified atom stereocenters. The van der Waals surface area contributed by atoms with Crippen molar-refractivity contribution < 1.29 is 13.9 Å². The fraction of sp³-hybridized carbons (Fsp3) is 0.103. The number of nitrogens with zero attached hydrogens (tertiary/aromatic N) is 2. The van der Waals surface area contributed by atoms with Crippen molar-refractivity contribution in [2.45, 2.75) is 20.5 Å². The first-order valence-electron chi connectivity index (χ1n) is 11.6. The molecule has 0 spiro atoms. The fourth-order valence-electron chi connectivity index (χ4n) is 4.12. The molecule has 0 aliphatic carbocycles. The minimum atomic E-state index is -0.406. The number of halogens is 2. The number of furan rings is 1. The second kappa shape index (κ2) is 10.5. The van der Waals surface area contributed by atoms with E-state index in [0.717, 1.165) is 39.3 Å². The first kappa shape index (κ1) is 24.7. The Morgan fingerprint density at radius 1 is 1.03 bits per heavy atom. The van der Waals surface area contributed by atoms with Gasteiger partial charge in [-0.1, -0.05) is 47.5 Å². The van der Waals surface area contributed by atoms with Crippen LogP contribution in [0, 0.1) is 13.8 Å². The lowest BCUT2D eigenvalue weighted by molar-refractivity contribution is 0.0929. The van der Waals surface area contributed by atoms with Crippen molar-refractivity contribution in [3.05, 3.63) is 117 Å². The Morgan fingerprint density at radius 2 is 1.81 bits per heavy atom. The van der Waals surface area contributed by atoms with E-state index in [-0.39, 0.29) is 5.76 Å². The smallest absolute Gasteiger partial charge is 0.307 e. The summed E-state index contributed by atoms with van der Waals surface area (Å²) in [5.41, 5.74) is 7.95. The lowest BCUT2D eigenvalue weighted by Crippen LogP contribution is -2.16. The molecule has 0 saturated heterocycles. The maximum atomic E-state index is 12.4. The normalized spacial score (nSPS) is 11.4. The minimum absolute atomic E-state index is 0.212. The van der Waals surface area contributed by atoms with Gasteiger partial charge in [-0.2, -0.15) is 5.10 Å². The van der Waals surface area contributed by atoms with Crippen LogP contribution in [0.25, 0.3) is 16.7 Å². The predicted octanol–water partition coefficient (Wildman–Crippen LogP) is 7.49. The molecule has 5 rings (SSSR count). The van der Waals surface area contributed by atoms with Crippen molar-refractivity contribution in [1.82, 2.24) is 9.99 Å². The molecule has 0 radical (unpaired) electrons. The number of hydrogen-bond donors (Lipinski definition) is 1. The van der Waals surface area contributed by atoms with E-state index in [1.54, 1.807) is 24.4 Å². The second-order valence-corrected chi connectivity index (χ2v) is 9.37. The van der Waals surface area contributed by atoms with Crippen LogP contribution in [0.1, 0.15) is 33.1 Å². The van der Waals surface area contributed by atoms with Gasteiger partial charge in [0.25, 0.3) is 0 Å². The highest BCUT2D eigenvalue weighted by atomic mass is 35.5. The van der Waals surface area contributed by atoms with Gasteiger partial charge in [-0.05, 0) is 68.4 Å². The molecule has 2 aromatic heterocycles. The first-order chi connectivity index (χ1) is 17.9. The van der Waals surface area contributed by atoms with Crippen molar-refractivity contribution in [3.63, 3.8) is 0 Å². The van der Waals surface area contributed by atoms with E-state index >= 15 is 0 Å². The quantitative estimate of drug-likeness (QED) is 0.174. The van der Waals surface area contributed by atoms with Gasteiger partial charge >= 0.3 is 5.91 Å². The van der Waals surface area contributed by atoms with Crippen molar-refractivity contribution in [2.75, 3.05) is 0 Å². The van der Waals surface area contributed by atoms with Gasteiger partial charge in [0.15, 0.2) is 5.76 Å². The fourth-order valence-corrected chi connectivity index (χ4v) is 4.58. The third-order valence-electron chi connectivity index (χ3n) is 5.99. The maximum absolute atomic E-state index is 12.4. The Balaban J connectivity index is 1.25. The highest BCUT2D eigenvalue weighted by molar-refractivity contribution is 6.35. The van der Waals surface area contributed by atoms with Gasteiger partial charge < -0.3 is 13.7 Å². The molecule has 0 atom stereocenters. The van der Waals surface area contributed by atoms with Crippen molar-refractivity contribution >= 4 is 46.3 Å². The van der Waals surface area contributed by atoms with E-state index in [1.807, 2.05) is 74.5 Å².